The fourth-order valence-corrected chi connectivity index (χ4v) is 4.07. The van der Waals surface area contributed by atoms with Gasteiger partial charge in [-0.15, -0.1) is 0 Å². The molecule has 1 atom stereocenters. The van der Waals surface area contributed by atoms with Crippen LogP contribution in [0.4, 0.5) is 5.69 Å². The van der Waals surface area contributed by atoms with Crippen molar-refractivity contribution in [3.8, 4) is 0 Å². The maximum absolute atomic E-state index is 12.7. The fourth-order valence-electron chi connectivity index (χ4n) is 2.50. The zero-order chi connectivity index (χ0) is 17.9. The topological polar surface area (TPSA) is 102 Å². The second-order valence-electron chi connectivity index (χ2n) is 6.01. The minimum absolute atomic E-state index is 0.00479. The summed E-state index contributed by atoms with van der Waals surface area (Å²) in [6, 6.07) is 4.21. The number of anilines is 1. The highest BCUT2D eigenvalue weighted by Gasteiger charge is 2.36. The number of amides is 1. The minimum atomic E-state index is -3.82. The summed E-state index contributed by atoms with van der Waals surface area (Å²) in [4.78, 5) is 22.8. The quantitative estimate of drug-likeness (QED) is 0.724. The number of ether oxygens (including phenoxy) is 1. The highest BCUT2D eigenvalue weighted by molar-refractivity contribution is 7.89. The van der Waals surface area contributed by atoms with E-state index in [0.717, 1.165) is 12.8 Å². The second kappa shape index (κ2) is 7.31. The molecular formula is C16H22N2O5S. The van der Waals surface area contributed by atoms with Crippen molar-refractivity contribution in [3.05, 3.63) is 23.8 Å². The summed E-state index contributed by atoms with van der Waals surface area (Å²) >= 11 is 0. The molecule has 2 rings (SSSR count). The van der Waals surface area contributed by atoms with E-state index in [1.54, 1.807) is 19.1 Å². The van der Waals surface area contributed by atoms with Crippen molar-refractivity contribution in [2.75, 3.05) is 12.4 Å². The van der Waals surface area contributed by atoms with E-state index in [1.165, 1.54) is 20.1 Å². The summed E-state index contributed by atoms with van der Waals surface area (Å²) < 4.78 is 32.7. The van der Waals surface area contributed by atoms with Crippen LogP contribution in [0.15, 0.2) is 23.1 Å². The molecule has 7 nitrogen and oxygen atoms in total. The van der Waals surface area contributed by atoms with E-state index >= 15 is 0 Å². The summed E-state index contributed by atoms with van der Waals surface area (Å²) in [5.74, 6) is -0.576. The predicted molar refractivity (Wildman–Crippen MR) is 88.9 cm³/mol. The number of esters is 1. The Morgan fingerprint density at radius 2 is 2.00 bits per heavy atom. The van der Waals surface area contributed by atoms with Gasteiger partial charge in [0.25, 0.3) is 0 Å². The third kappa shape index (κ3) is 4.78. The van der Waals surface area contributed by atoms with Gasteiger partial charge in [0.2, 0.25) is 15.9 Å². The Kier molecular flexibility index (Phi) is 5.61. The Hall–Kier alpha value is -1.93. The molecule has 1 aliphatic carbocycles. The lowest BCUT2D eigenvalue weighted by molar-refractivity contribution is -0.141. The first-order chi connectivity index (χ1) is 11.2. The van der Waals surface area contributed by atoms with E-state index < -0.39 is 22.0 Å². The number of benzene rings is 1. The first-order valence-corrected chi connectivity index (χ1v) is 9.18. The molecule has 1 aromatic rings. The number of carbonyl (C=O) groups is 2. The summed E-state index contributed by atoms with van der Waals surface area (Å²) in [7, 11) is -2.54. The van der Waals surface area contributed by atoms with Gasteiger partial charge in [-0.25, -0.2) is 13.1 Å². The van der Waals surface area contributed by atoms with Crippen molar-refractivity contribution in [2.24, 2.45) is 5.92 Å². The standard InChI is InChI=1S/C16H22N2O5S/c1-10-4-7-13(17-11(2)19)8-15(10)24(21,22)18-14(12-5-6-12)9-16(20)23-3/h4,7-8,12,14,18H,5-6,9H2,1-3H3,(H,17,19)/t14-/m0/s1. The molecular weight excluding hydrogens is 332 g/mol. The molecule has 132 valence electrons. The molecule has 0 heterocycles. The maximum Gasteiger partial charge on any atom is 0.307 e. The zero-order valence-electron chi connectivity index (χ0n) is 14.0. The van der Waals surface area contributed by atoms with Gasteiger partial charge in [0.1, 0.15) is 0 Å². The molecule has 0 aromatic heterocycles. The van der Waals surface area contributed by atoms with Crippen LogP contribution in [0.5, 0.6) is 0 Å². The van der Waals surface area contributed by atoms with E-state index in [-0.39, 0.29) is 23.1 Å². The Bertz CT molecular complexity index is 741. The normalized spacial score (nSPS) is 15.6. The van der Waals surface area contributed by atoms with Crippen LogP contribution < -0.4 is 10.0 Å². The molecule has 1 amide bonds. The molecule has 1 aromatic carbocycles. The van der Waals surface area contributed by atoms with Crippen LogP contribution >= 0.6 is 0 Å². The fraction of sp³-hybridized carbons (Fsp3) is 0.500. The minimum Gasteiger partial charge on any atom is -0.469 e. The molecule has 0 unspecified atom stereocenters. The molecule has 1 aliphatic rings. The van der Waals surface area contributed by atoms with E-state index in [0.29, 0.717) is 11.3 Å². The van der Waals surface area contributed by atoms with Gasteiger partial charge in [0.15, 0.2) is 0 Å². The molecule has 2 N–H and O–H groups in total. The average Bonchev–Trinajstić information content (AvgIpc) is 3.32. The smallest absolute Gasteiger partial charge is 0.307 e. The predicted octanol–water partition coefficient (Wildman–Crippen LogP) is 1.57. The summed E-state index contributed by atoms with van der Waals surface area (Å²) in [6.45, 7) is 3.03. The average molecular weight is 354 g/mol. The molecule has 0 saturated heterocycles. The SMILES string of the molecule is COC(=O)C[C@H](NS(=O)(=O)c1cc(NC(C)=O)ccc1C)C1CC1. The molecule has 1 fully saturated rings. The second-order valence-corrected chi connectivity index (χ2v) is 7.69. The van der Waals surface area contributed by atoms with Gasteiger partial charge < -0.3 is 10.1 Å². The number of carbonyl (C=O) groups excluding carboxylic acids is 2. The number of rotatable bonds is 7. The van der Waals surface area contributed by atoms with Crippen molar-refractivity contribution in [1.29, 1.82) is 0 Å². The molecule has 8 heteroatoms. The number of aryl methyl sites for hydroxylation is 1. The van der Waals surface area contributed by atoms with Crippen molar-refractivity contribution in [3.63, 3.8) is 0 Å². The van der Waals surface area contributed by atoms with Crippen LogP contribution in [0.3, 0.4) is 0 Å². The van der Waals surface area contributed by atoms with Crippen LogP contribution in [0.2, 0.25) is 0 Å². The van der Waals surface area contributed by atoms with Crippen molar-refractivity contribution < 1.29 is 22.7 Å². The highest BCUT2D eigenvalue weighted by atomic mass is 32.2. The van der Waals surface area contributed by atoms with E-state index in [2.05, 4.69) is 14.8 Å². The van der Waals surface area contributed by atoms with Crippen LogP contribution in [-0.4, -0.2) is 33.4 Å². The van der Waals surface area contributed by atoms with Gasteiger partial charge in [0, 0.05) is 18.7 Å². The van der Waals surface area contributed by atoms with Gasteiger partial charge in [-0.05, 0) is 43.4 Å². The Morgan fingerprint density at radius 1 is 1.33 bits per heavy atom. The first-order valence-electron chi connectivity index (χ1n) is 7.70. The van der Waals surface area contributed by atoms with E-state index in [4.69, 9.17) is 0 Å². The van der Waals surface area contributed by atoms with Gasteiger partial charge in [-0.2, -0.15) is 0 Å². The summed E-state index contributed by atoms with van der Waals surface area (Å²) in [6.07, 6.45) is 1.77. The van der Waals surface area contributed by atoms with E-state index in [1.807, 2.05) is 0 Å². The summed E-state index contributed by atoms with van der Waals surface area (Å²) in [5.41, 5.74) is 0.966. The van der Waals surface area contributed by atoms with Crippen LogP contribution in [0, 0.1) is 12.8 Å². The van der Waals surface area contributed by atoms with Gasteiger partial charge >= 0.3 is 5.97 Å². The molecule has 0 aliphatic heterocycles. The maximum atomic E-state index is 12.7. The Labute approximate surface area is 141 Å². The van der Waals surface area contributed by atoms with Crippen LogP contribution in [0.25, 0.3) is 0 Å². The van der Waals surface area contributed by atoms with Crippen LogP contribution in [0.1, 0.15) is 31.7 Å². The molecule has 1 saturated carbocycles. The Morgan fingerprint density at radius 3 is 2.54 bits per heavy atom. The van der Waals surface area contributed by atoms with Crippen molar-refractivity contribution >= 4 is 27.6 Å². The Balaban J connectivity index is 2.25. The van der Waals surface area contributed by atoms with Crippen molar-refractivity contribution in [1.82, 2.24) is 4.72 Å². The molecule has 0 bridgehead atoms. The van der Waals surface area contributed by atoms with Crippen LogP contribution in [-0.2, 0) is 24.3 Å². The molecule has 0 radical (unpaired) electrons. The lowest BCUT2D eigenvalue weighted by atomic mass is 10.1. The highest BCUT2D eigenvalue weighted by Crippen LogP contribution is 2.35. The van der Waals surface area contributed by atoms with E-state index in [9.17, 15) is 18.0 Å². The number of nitrogens with one attached hydrogen (secondary N) is 2. The number of hydrogen-bond acceptors (Lipinski definition) is 5. The lowest BCUT2D eigenvalue weighted by Gasteiger charge is -2.18. The third-order valence-corrected chi connectivity index (χ3v) is 5.54. The zero-order valence-corrected chi connectivity index (χ0v) is 14.8. The molecule has 24 heavy (non-hydrogen) atoms. The number of sulfonamides is 1. The number of methoxy groups -OCH3 is 1. The largest absolute Gasteiger partial charge is 0.469 e. The van der Waals surface area contributed by atoms with Gasteiger partial charge in [-0.1, -0.05) is 6.07 Å². The number of hydrogen-bond donors (Lipinski definition) is 2. The first kappa shape index (κ1) is 18.4. The lowest BCUT2D eigenvalue weighted by Crippen LogP contribution is -2.38. The molecule has 0 spiro atoms. The van der Waals surface area contributed by atoms with Gasteiger partial charge in [0.05, 0.1) is 18.4 Å². The van der Waals surface area contributed by atoms with Gasteiger partial charge in [-0.3, -0.25) is 9.59 Å². The summed E-state index contributed by atoms with van der Waals surface area (Å²) in [5, 5.41) is 2.57. The third-order valence-electron chi connectivity index (χ3n) is 3.91. The monoisotopic (exact) mass is 354 g/mol. The van der Waals surface area contributed by atoms with Crippen molar-refractivity contribution in [2.45, 2.75) is 44.0 Å².